The first-order chi connectivity index (χ1) is 15.1. The SMILES string of the molecule is CCO[C@@H]1OC(C(=O)N2CCCC2)=C[C@H](c2coc3ccccc3c2=O)[C@@H]1CCCO. The van der Waals surface area contributed by atoms with E-state index in [1.54, 1.807) is 29.2 Å². The zero-order valence-corrected chi connectivity index (χ0v) is 17.8. The number of para-hydroxylation sites is 1. The van der Waals surface area contributed by atoms with Gasteiger partial charge in [-0.1, -0.05) is 12.1 Å². The maximum atomic E-state index is 13.3. The lowest BCUT2D eigenvalue weighted by atomic mass is 9.81. The lowest BCUT2D eigenvalue weighted by Crippen LogP contribution is -2.40. The van der Waals surface area contributed by atoms with Crippen LogP contribution in [-0.4, -0.2) is 48.5 Å². The van der Waals surface area contributed by atoms with Crippen molar-refractivity contribution in [3.05, 3.63) is 58.2 Å². The number of aliphatic hydroxyl groups is 1. The van der Waals surface area contributed by atoms with Crippen LogP contribution in [0.4, 0.5) is 0 Å². The predicted molar refractivity (Wildman–Crippen MR) is 115 cm³/mol. The number of aliphatic hydroxyl groups excluding tert-OH is 1. The third-order valence-corrected chi connectivity index (χ3v) is 6.08. The molecule has 0 radical (unpaired) electrons. The van der Waals surface area contributed by atoms with Gasteiger partial charge in [0.25, 0.3) is 5.91 Å². The van der Waals surface area contributed by atoms with Crippen LogP contribution in [0.3, 0.4) is 0 Å². The summed E-state index contributed by atoms with van der Waals surface area (Å²) in [5, 5.41) is 9.91. The van der Waals surface area contributed by atoms with E-state index in [0.717, 1.165) is 12.8 Å². The molecule has 1 fully saturated rings. The number of amides is 1. The van der Waals surface area contributed by atoms with E-state index in [2.05, 4.69) is 0 Å². The van der Waals surface area contributed by atoms with Crippen molar-refractivity contribution >= 4 is 16.9 Å². The summed E-state index contributed by atoms with van der Waals surface area (Å²) in [7, 11) is 0. The first-order valence-electron chi connectivity index (χ1n) is 11.0. The van der Waals surface area contributed by atoms with Crippen LogP contribution in [-0.2, 0) is 14.3 Å². The number of likely N-dealkylation sites (tertiary alicyclic amines) is 1. The third-order valence-electron chi connectivity index (χ3n) is 6.08. The van der Waals surface area contributed by atoms with Crippen molar-refractivity contribution in [1.29, 1.82) is 0 Å². The number of benzene rings is 1. The summed E-state index contributed by atoms with van der Waals surface area (Å²) in [4.78, 5) is 28.2. The second kappa shape index (κ2) is 9.66. The monoisotopic (exact) mass is 427 g/mol. The van der Waals surface area contributed by atoms with Gasteiger partial charge in [-0.3, -0.25) is 9.59 Å². The Morgan fingerprint density at radius 3 is 2.77 bits per heavy atom. The summed E-state index contributed by atoms with van der Waals surface area (Å²) in [6, 6.07) is 7.13. The van der Waals surface area contributed by atoms with Gasteiger partial charge in [-0.05, 0) is 50.8 Å². The Balaban J connectivity index is 1.79. The van der Waals surface area contributed by atoms with Crippen molar-refractivity contribution in [2.45, 2.75) is 44.8 Å². The largest absolute Gasteiger partial charge is 0.464 e. The molecular weight excluding hydrogens is 398 g/mol. The lowest BCUT2D eigenvalue weighted by Gasteiger charge is -2.37. The van der Waals surface area contributed by atoms with E-state index in [9.17, 15) is 14.7 Å². The van der Waals surface area contributed by atoms with E-state index in [1.807, 2.05) is 13.0 Å². The molecular formula is C24H29NO6. The average Bonchev–Trinajstić information content (AvgIpc) is 3.33. The van der Waals surface area contributed by atoms with Crippen molar-refractivity contribution in [1.82, 2.24) is 4.90 Å². The summed E-state index contributed by atoms with van der Waals surface area (Å²) in [6.07, 6.45) is 5.63. The quantitative estimate of drug-likeness (QED) is 0.730. The molecule has 0 aliphatic carbocycles. The van der Waals surface area contributed by atoms with Crippen LogP contribution in [0.5, 0.6) is 0 Å². The number of fused-ring (bicyclic) bond motifs is 1. The molecule has 3 atom stereocenters. The van der Waals surface area contributed by atoms with Crippen LogP contribution in [0.25, 0.3) is 11.0 Å². The minimum atomic E-state index is -0.682. The van der Waals surface area contributed by atoms with Gasteiger partial charge in [0, 0.05) is 43.7 Å². The van der Waals surface area contributed by atoms with E-state index in [4.69, 9.17) is 13.9 Å². The molecule has 4 rings (SSSR count). The highest BCUT2D eigenvalue weighted by molar-refractivity contribution is 5.92. The maximum Gasteiger partial charge on any atom is 0.288 e. The molecule has 0 bridgehead atoms. The van der Waals surface area contributed by atoms with Gasteiger partial charge in [-0.2, -0.15) is 0 Å². The van der Waals surface area contributed by atoms with Gasteiger partial charge >= 0.3 is 0 Å². The number of hydrogen-bond acceptors (Lipinski definition) is 6. The van der Waals surface area contributed by atoms with Crippen LogP contribution < -0.4 is 5.43 Å². The highest BCUT2D eigenvalue weighted by atomic mass is 16.7. The van der Waals surface area contributed by atoms with Crippen molar-refractivity contribution in [3.8, 4) is 0 Å². The van der Waals surface area contributed by atoms with Crippen LogP contribution in [0.15, 0.2) is 51.6 Å². The van der Waals surface area contributed by atoms with Crippen molar-refractivity contribution in [2.24, 2.45) is 5.92 Å². The Morgan fingerprint density at radius 2 is 2.03 bits per heavy atom. The highest BCUT2D eigenvalue weighted by Crippen LogP contribution is 2.39. The summed E-state index contributed by atoms with van der Waals surface area (Å²) in [5.74, 6) is -0.596. The summed E-state index contributed by atoms with van der Waals surface area (Å²) >= 11 is 0. The van der Waals surface area contributed by atoms with Crippen molar-refractivity contribution < 1.29 is 23.8 Å². The van der Waals surface area contributed by atoms with Gasteiger partial charge in [0.1, 0.15) is 5.58 Å². The number of ether oxygens (including phenoxy) is 2. The zero-order chi connectivity index (χ0) is 21.8. The van der Waals surface area contributed by atoms with Gasteiger partial charge in [-0.25, -0.2) is 0 Å². The molecule has 1 amide bonds. The van der Waals surface area contributed by atoms with E-state index in [1.165, 1.54) is 6.26 Å². The molecule has 1 N–H and O–H groups in total. The second-order valence-corrected chi connectivity index (χ2v) is 8.04. The van der Waals surface area contributed by atoms with Crippen LogP contribution in [0.2, 0.25) is 0 Å². The molecule has 1 saturated heterocycles. The minimum Gasteiger partial charge on any atom is -0.464 e. The van der Waals surface area contributed by atoms with E-state index in [0.29, 0.717) is 49.1 Å². The van der Waals surface area contributed by atoms with E-state index >= 15 is 0 Å². The molecule has 1 aromatic heterocycles. The van der Waals surface area contributed by atoms with E-state index in [-0.39, 0.29) is 29.6 Å². The molecule has 3 heterocycles. The van der Waals surface area contributed by atoms with E-state index < -0.39 is 12.2 Å². The van der Waals surface area contributed by atoms with Crippen LogP contribution in [0.1, 0.15) is 44.1 Å². The fraction of sp³-hybridized carbons (Fsp3) is 0.500. The fourth-order valence-electron chi connectivity index (χ4n) is 4.51. The third kappa shape index (κ3) is 4.38. The molecule has 2 aromatic rings. The standard InChI is InChI=1S/C24H29NO6/c1-2-29-24-16(9-7-13-26)18(14-21(31-24)23(28)25-11-5-6-12-25)19-15-30-20-10-4-3-8-17(20)22(19)27/h3-4,8,10,14-16,18,24,26H,2,5-7,9,11-13H2,1H3/t16-,18-,24+/m0/s1. The molecule has 7 heteroatoms. The number of nitrogens with zero attached hydrogens (tertiary/aromatic N) is 1. The second-order valence-electron chi connectivity index (χ2n) is 8.04. The number of hydrogen-bond donors (Lipinski definition) is 1. The number of rotatable bonds is 7. The van der Waals surface area contributed by atoms with Crippen LogP contribution in [0, 0.1) is 5.92 Å². The first kappa shape index (κ1) is 21.6. The Morgan fingerprint density at radius 1 is 1.26 bits per heavy atom. The van der Waals surface area contributed by atoms with Gasteiger partial charge in [0.2, 0.25) is 6.29 Å². The van der Waals surface area contributed by atoms with Gasteiger partial charge in [0.15, 0.2) is 11.2 Å². The molecule has 0 spiro atoms. The molecule has 2 aliphatic heterocycles. The maximum absolute atomic E-state index is 13.3. The molecule has 2 aliphatic rings. The molecule has 1 aromatic carbocycles. The first-order valence-corrected chi connectivity index (χ1v) is 11.0. The Bertz CT molecular complexity index is 1010. The number of carbonyl (C=O) groups excluding carboxylic acids is 1. The average molecular weight is 427 g/mol. The Kier molecular flexibility index (Phi) is 6.73. The Hall–Kier alpha value is -2.64. The zero-order valence-electron chi connectivity index (χ0n) is 17.8. The van der Waals surface area contributed by atoms with Crippen LogP contribution >= 0.6 is 0 Å². The topological polar surface area (TPSA) is 89.2 Å². The Labute approximate surface area is 181 Å². The van der Waals surface area contributed by atoms with Gasteiger partial charge in [0.05, 0.1) is 11.6 Å². The molecule has 166 valence electrons. The summed E-state index contributed by atoms with van der Waals surface area (Å²) < 4.78 is 17.7. The van der Waals surface area contributed by atoms with Gasteiger partial charge < -0.3 is 23.9 Å². The smallest absolute Gasteiger partial charge is 0.288 e. The normalized spacial score (nSPS) is 23.6. The highest BCUT2D eigenvalue weighted by Gasteiger charge is 2.40. The fourth-order valence-corrected chi connectivity index (χ4v) is 4.51. The predicted octanol–water partition coefficient (Wildman–Crippen LogP) is 3.16. The van der Waals surface area contributed by atoms with Crippen molar-refractivity contribution in [2.75, 3.05) is 26.3 Å². The summed E-state index contributed by atoms with van der Waals surface area (Å²) in [6.45, 7) is 3.71. The van der Waals surface area contributed by atoms with Crippen molar-refractivity contribution in [3.63, 3.8) is 0 Å². The molecule has 31 heavy (non-hydrogen) atoms. The number of allylic oxidation sites excluding steroid dienone is 1. The van der Waals surface area contributed by atoms with Gasteiger partial charge in [-0.15, -0.1) is 0 Å². The number of carbonyl (C=O) groups is 1. The minimum absolute atomic E-state index is 0.0255. The molecule has 7 nitrogen and oxygen atoms in total. The summed E-state index contributed by atoms with van der Waals surface area (Å²) in [5.41, 5.74) is 0.873. The molecule has 0 unspecified atom stereocenters. The molecule has 0 saturated carbocycles. The lowest BCUT2D eigenvalue weighted by molar-refractivity contribution is -0.170.